The third-order valence-corrected chi connectivity index (χ3v) is 3.84. The first-order valence-corrected chi connectivity index (χ1v) is 6.65. The van der Waals surface area contributed by atoms with E-state index in [9.17, 15) is 5.11 Å². The van der Waals surface area contributed by atoms with Gasteiger partial charge in [-0.15, -0.1) is 0 Å². The SMILES string of the molecule is COc1ccc(Cl)cc1C(O)CC(C)C(C)(C)C. The van der Waals surface area contributed by atoms with E-state index in [1.807, 2.05) is 0 Å². The van der Waals surface area contributed by atoms with Gasteiger partial charge in [0.25, 0.3) is 0 Å². The van der Waals surface area contributed by atoms with Crippen LogP contribution in [0.15, 0.2) is 18.2 Å². The summed E-state index contributed by atoms with van der Waals surface area (Å²) in [6, 6.07) is 5.34. The number of methoxy groups -OCH3 is 1. The zero-order chi connectivity index (χ0) is 13.9. The van der Waals surface area contributed by atoms with Crippen molar-refractivity contribution >= 4 is 11.6 Å². The van der Waals surface area contributed by atoms with Crippen molar-refractivity contribution in [3.8, 4) is 5.75 Å². The van der Waals surface area contributed by atoms with Crippen molar-refractivity contribution in [2.45, 2.75) is 40.2 Å². The molecule has 0 aliphatic rings. The minimum atomic E-state index is -0.548. The predicted molar refractivity (Wildman–Crippen MR) is 76.2 cm³/mol. The molecule has 18 heavy (non-hydrogen) atoms. The van der Waals surface area contributed by atoms with Crippen LogP contribution in [0.5, 0.6) is 5.75 Å². The fourth-order valence-electron chi connectivity index (χ4n) is 1.78. The molecule has 102 valence electrons. The Morgan fingerprint density at radius 3 is 2.44 bits per heavy atom. The third-order valence-electron chi connectivity index (χ3n) is 3.61. The van der Waals surface area contributed by atoms with Crippen LogP contribution >= 0.6 is 11.6 Å². The summed E-state index contributed by atoms with van der Waals surface area (Å²) < 4.78 is 5.27. The monoisotopic (exact) mass is 270 g/mol. The Balaban J connectivity index is 2.90. The number of hydrogen-bond acceptors (Lipinski definition) is 2. The van der Waals surface area contributed by atoms with Gasteiger partial charge in [-0.25, -0.2) is 0 Å². The Morgan fingerprint density at radius 1 is 1.33 bits per heavy atom. The molecule has 0 fully saturated rings. The maximum absolute atomic E-state index is 10.4. The van der Waals surface area contributed by atoms with Gasteiger partial charge in [0, 0.05) is 10.6 Å². The van der Waals surface area contributed by atoms with Crippen LogP contribution in [0.4, 0.5) is 0 Å². The van der Waals surface area contributed by atoms with Crippen LogP contribution in [0.25, 0.3) is 0 Å². The molecular formula is C15H23ClO2. The average molecular weight is 271 g/mol. The largest absolute Gasteiger partial charge is 0.496 e. The summed E-state index contributed by atoms with van der Waals surface area (Å²) in [5.41, 5.74) is 0.938. The van der Waals surface area contributed by atoms with Crippen molar-refractivity contribution in [3.63, 3.8) is 0 Å². The summed E-state index contributed by atoms with van der Waals surface area (Å²) in [4.78, 5) is 0. The van der Waals surface area contributed by atoms with E-state index in [1.54, 1.807) is 25.3 Å². The highest BCUT2D eigenvalue weighted by Crippen LogP contribution is 2.36. The van der Waals surface area contributed by atoms with Crippen LogP contribution in [0.2, 0.25) is 5.02 Å². The van der Waals surface area contributed by atoms with Gasteiger partial charge in [0.2, 0.25) is 0 Å². The quantitative estimate of drug-likeness (QED) is 0.876. The molecule has 0 aliphatic carbocycles. The van der Waals surface area contributed by atoms with E-state index in [4.69, 9.17) is 16.3 Å². The molecule has 0 saturated carbocycles. The highest BCUT2D eigenvalue weighted by Gasteiger charge is 2.24. The molecule has 1 aromatic rings. The standard InChI is InChI=1S/C15H23ClO2/c1-10(15(2,3)4)8-13(17)12-9-11(16)6-7-14(12)18-5/h6-7,9-10,13,17H,8H2,1-5H3. The summed E-state index contributed by atoms with van der Waals surface area (Å²) in [7, 11) is 1.60. The summed E-state index contributed by atoms with van der Waals surface area (Å²) in [5, 5.41) is 11.0. The van der Waals surface area contributed by atoms with Gasteiger partial charge >= 0.3 is 0 Å². The molecule has 3 heteroatoms. The molecule has 0 aliphatic heterocycles. The third kappa shape index (κ3) is 3.89. The number of rotatable bonds is 4. The van der Waals surface area contributed by atoms with Crippen LogP contribution in [-0.4, -0.2) is 12.2 Å². The van der Waals surface area contributed by atoms with E-state index in [0.717, 1.165) is 5.56 Å². The number of aliphatic hydroxyl groups is 1. The van der Waals surface area contributed by atoms with Gasteiger partial charge < -0.3 is 9.84 Å². The molecule has 0 saturated heterocycles. The van der Waals surface area contributed by atoms with Crippen molar-refractivity contribution in [1.82, 2.24) is 0 Å². The molecule has 0 aromatic heterocycles. The van der Waals surface area contributed by atoms with E-state index in [1.165, 1.54) is 0 Å². The van der Waals surface area contributed by atoms with Gasteiger partial charge in [-0.2, -0.15) is 0 Å². The molecule has 2 nitrogen and oxygen atoms in total. The van der Waals surface area contributed by atoms with Gasteiger partial charge in [0.05, 0.1) is 13.2 Å². The first kappa shape index (κ1) is 15.3. The van der Waals surface area contributed by atoms with Crippen molar-refractivity contribution in [1.29, 1.82) is 0 Å². The predicted octanol–water partition coefficient (Wildman–Crippen LogP) is 4.45. The van der Waals surface area contributed by atoms with E-state index in [0.29, 0.717) is 23.1 Å². The van der Waals surface area contributed by atoms with E-state index >= 15 is 0 Å². The van der Waals surface area contributed by atoms with Crippen LogP contribution < -0.4 is 4.74 Å². The van der Waals surface area contributed by atoms with Crippen molar-refractivity contribution in [2.75, 3.05) is 7.11 Å². The minimum Gasteiger partial charge on any atom is -0.496 e. The van der Waals surface area contributed by atoms with Gasteiger partial charge in [0.15, 0.2) is 0 Å². The smallest absolute Gasteiger partial charge is 0.124 e. The molecule has 2 atom stereocenters. The van der Waals surface area contributed by atoms with Crippen LogP contribution in [0.3, 0.4) is 0 Å². The highest BCUT2D eigenvalue weighted by atomic mass is 35.5. The molecule has 0 radical (unpaired) electrons. The minimum absolute atomic E-state index is 0.173. The van der Waals surface area contributed by atoms with Crippen LogP contribution in [0, 0.1) is 11.3 Å². The Bertz CT molecular complexity index is 396. The van der Waals surface area contributed by atoms with Gasteiger partial charge in [-0.3, -0.25) is 0 Å². The molecule has 1 aromatic carbocycles. The molecule has 0 bridgehead atoms. The molecule has 0 spiro atoms. The van der Waals surface area contributed by atoms with Crippen molar-refractivity contribution in [3.05, 3.63) is 28.8 Å². The van der Waals surface area contributed by atoms with Crippen molar-refractivity contribution < 1.29 is 9.84 Å². The van der Waals surface area contributed by atoms with Crippen LogP contribution in [-0.2, 0) is 0 Å². The Hall–Kier alpha value is -0.730. The number of aliphatic hydroxyl groups excluding tert-OH is 1. The Kier molecular flexibility index (Phi) is 5.06. The number of hydrogen-bond donors (Lipinski definition) is 1. The van der Waals surface area contributed by atoms with E-state index in [2.05, 4.69) is 27.7 Å². The van der Waals surface area contributed by atoms with Crippen LogP contribution in [0.1, 0.15) is 45.8 Å². The number of halogens is 1. The summed E-state index contributed by atoms with van der Waals surface area (Å²) in [5.74, 6) is 1.09. The second-order valence-electron chi connectivity index (χ2n) is 5.90. The lowest BCUT2D eigenvalue weighted by atomic mass is 9.78. The summed E-state index contributed by atoms with van der Waals surface area (Å²) in [6.45, 7) is 8.69. The fourth-order valence-corrected chi connectivity index (χ4v) is 1.96. The van der Waals surface area contributed by atoms with E-state index in [-0.39, 0.29) is 5.41 Å². The topological polar surface area (TPSA) is 29.5 Å². The van der Waals surface area contributed by atoms with E-state index < -0.39 is 6.10 Å². The first-order valence-electron chi connectivity index (χ1n) is 6.27. The zero-order valence-corrected chi connectivity index (χ0v) is 12.6. The second kappa shape index (κ2) is 5.94. The lowest BCUT2D eigenvalue weighted by molar-refractivity contribution is 0.108. The normalized spacial score (nSPS) is 15.3. The molecule has 1 N–H and O–H groups in total. The van der Waals surface area contributed by atoms with Gasteiger partial charge in [-0.1, -0.05) is 39.3 Å². The number of benzene rings is 1. The molecule has 0 heterocycles. The summed E-state index contributed by atoms with van der Waals surface area (Å²) >= 11 is 5.98. The maximum Gasteiger partial charge on any atom is 0.124 e. The van der Waals surface area contributed by atoms with Gasteiger partial charge in [0.1, 0.15) is 5.75 Å². The Morgan fingerprint density at radius 2 is 1.94 bits per heavy atom. The highest BCUT2D eigenvalue weighted by molar-refractivity contribution is 6.30. The summed E-state index contributed by atoms with van der Waals surface area (Å²) in [6.07, 6.45) is 0.146. The Labute approximate surface area is 115 Å². The molecule has 2 unspecified atom stereocenters. The maximum atomic E-state index is 10.4. The fraction of sp³-hybridized carbons (Fsp3) is 0.600. The molecule has 1 rings (SSSR count). The first-order chi connectivity index (χ1) is 8.25. The second-order valence-corrected chi connectivity index (χ2v) is 6.34. The molecule has 0 amide bonds. The molecular weight excluding hydrogens is 248 g/mol. The van der Waals surface area contributed by atoms with Crippen molar-refractivity contribution in [2.24, 2.45) is 11.3 Å². The number of ether oxygens (including phenoxy) is 1. The van der Waals surface area contributed by atoms with Gasteiger partial charge in [-0.05, 0) is 36.0 Å². The average Bonchev–Trinajstić information content (AvgIpc) is 2.27. The lowest BCUT2D eigenvalue weighted by Crippen LogP contribution is -2.20. The zero-order valence-electron chi connectivity index (χ0n) is 11.8. The lowest BCUT2D eigenvalue weighted by Gasteiger charge is -2.29.